The molecule has 144 valence electrons. The lowest BCUT2D eigenvalue weighted by molar-refractivity contribution is 0.414. The van der Waals surface area contributed by atoms with Crippen LogP contribution in [0, 0.1) is 0 Å². The van der Waals surface area contributed by atoms with E-state index in [9.17, 15) is 8.42 Å². The molecule has 0 amide bonds. The topological polar surface area (TPSA) is 79.8 Å². The molecular formula is C17H30IN3O3S. The second kappa shape index (κ2) is 10.8. The van der Waals surface area contributed by atoms with Gasteiger partial charge in [0.15, 0.2) is 15.8 Å². The Bertz CT molecular complexity index is 644. The van der Waals surface area contributed by atoms with Gasteiger partial charge in [0.2, 0.25) is 0 Å². The Morgan fingerprint density at radius 2 is 1.80 bits per heavy atom. The zero-order chi connectivity index (χ0) is 18.2. The van der Waals surface area contributed by atoms with Gasteiger partial charge in [-0.2, -0.15) is 0 Å². The Kier molecular flexibility index (Phi) is 10.4. The number of hydrogen-bond donors (Lipinski definition) is 2. The molecule has 1 aromatic carbocycles. The first kappa shape index (κ1) is 24.0. The van der Waals surface area contributed by atoms with Crippen molar-refractivity contribution in [3.63, 3.8) is 0 Å². The van der Waals surface area contributed by atoms with Crippen molar-refractivity contribution in [2.24, 2.45) is 4.99 Å². The van der Waals surface area contributed by atoms with Crippen LogP contribution in [0.1, 0.15) is 26.3 Å². The molecular weight excluding hydrogens is 453 g/mol. The summed E-state index contributed by atoms with van der Waals surface area (Å²) in [7, 11) is -1.51. The summed E-state index contributed by atoms with van der Waals surface area (Å²) in [5, 5.41) is 6.37. The van der Waals surface area contributed by atoms with Crippen molar-refractivity contribution in [2.75, 3.05) is 33.0 Å². The van der Waals surface area contributed by atoms with Crippen molar-refractivity contribution in [2.45, 2.75) is 31.9 Å². The van der Waals surface area contributed by atoms with Crippen LogP contribution in [0.25, 0.3) is 0 Å². The van der Waals surface area contributed by atoms with Crippen LogP contribution in [-0.4, -0.2) is 52.1 Å². The number of ether oxygens (including phenoxy) is 1. The first-order valence-electron chi connectivity index (χ1n) is 8.04. The molecule has 2 N–H and O–H groups in total. The quantitative estimate of drug-likeness (QED) is 0.337. The van der Waals surface area contributed by atoms with Gasteiger partial charge in [-0.25, -0.2) is 8.42 Å². The maximum atomic E-state index is 11.8. The van der Waals surface area contributed by atoms with E-state index in [4.69, 9.17) is 4.74 Å². The Hall–Kier alpha value is -1.03. The number of aliphatic imine (C=N–C) groups is 1. The Balaban J connectivity index is 0.00000576. The van der Waals surface area contributed by atoms with Crippen molar-refractivity contribution in [1.82, 2.24) is 10.6 Å². The number of hydrogen-bond acceptors (Lipinski definition) is 4. The summed E-state index contributed by atoms with van der Waals surface area (Å²) in [5.74, 6) is 1.47. The summed E-state index contributed by atoms with van der Waals surface area (Å²) in [6, 6.07) is 7.92. The van der Waals surface area contributed by atoms with Gasteiger partial charge in [-0.3, -0.25) is 4.99 Å². The summed E-state index contributed by atoms with van der Waals surface area (Å²) >= 11 is 0. The largest absolute Gasteiger partial charge is 0.497 e. The maximum Gasteiger partial charge on any atom is 0.191 e. The van der Waals surface area contributed by atoms with Gasteiger partial charge in [0.25, 0.3) is 0 Å². The third-order valence-corrected chi connectivity index (χ3v) is 5.97. The minimum atomic E-state index is -3.16. The predicted molar refractivity (Wildman–Crippen MR) is 115 cm³/mol. The maximum absolute atomic E-state index is 11.8. The molecule has 1 rings (SSSR count). The van der Waals surface area contributed by atoms with Crippen molar-refractivity contribution in [1.29, 1.82) is 0 Å². The molecule has 0 aliphatic rings. The number of rotatable bonds is 8. The normalized spacial score (nSPS) is 12.3. The zero-order valence-corrected chi connectivity index (χ0v) is 18.8. The number of sulfone groups is 1. The predicted octanol–water partition coefficient (Wildman–Crippen LogP) is 2.23. The highest BCUT2D eigenvalue weighted by atomic mass is 127. The second-order valence-electron chi connectivity index (χ2n) is 6.25. The van der Waals surface area contributed by atoms with Crippen molar-refractivity contribution >= 4 is 39.8 Å². The van der Waals surface area contributed by atoms with Gasteiger partial charge in [-0.05, 0) is 44.9 Å². The molecule has 0 aliphatic heterocycles. The molecule has 0 spiro atoms. The van der Waals surface area contributed by atoms with Crippen molar-refractivity contribution in [3.8, 4) is 5.75 Å². The number of guanidine groups is 1. The molecule has 0 saturated carbocycles. The van der Waals surface area contributed by atoms with Crippen LogP contribution in [0.15, 0.2) is 29.3 Å². The van der Waals surface area contributed by atoms with Crippen molar-refractivity contribution < 1.29 is 13.2 Å². The smallest absolute Gasteiger partial charge is 0.191 e. The number of nitrogens with one attached hydrogen (secondary N) is 2. The lowest BCUT2D eigenvalue weighted by Crippen LogP contribution is -2.41. The van der Waals surface area contributed by atoms with Crippen molar-refractivity contribution in [3.05, 3.63) is 29.8 Å². The fourth-order valence-corrected chi connectivity index (χ4v) is 2.14. The molecule has 0 heterocycles. The standard InChI is InChI=1S/C17H29N3O3S.HI/c1-6-18-16(20-13-17(2,3)24(5,21)22)19-12-11-14-7-9-15(23-4)10-8-14;/h7-10H,6,11-13H2,1-5H3,(H2,18,19,20);1H. The fraction of sp³-hybridized carbons (Fsp3) is 0.588. The molecule has 6 nitrogen and oxygen atoms in total. The van der Waals surface area contributed by atoms with Crippen LogP contribution < -0.4 is 15.4 Å². The third-order valence-electron chi connectivity index (χ3n) is 3.83. The van der Waals surface area contributed by atoms with E-state index in [0.717, 1.165) is 12.2 Å². The molecule has 0 atom stereocenters. The molecule has 0 fully saturated rings. The van der Waals surface area contributed by atoms with E-state index < -0.39 is 14.6 Å². The minimum absolute atomic E-state index is 0. The van der Waals surface area contributed by atoms with E-state index in [-0.39, 0.29) is 30.5 Å². The molecule has 0 aromatic heterocycles. The Labute approximate surface area is 168 Å². The van der Waals surface area contributed by atoms with Crippen LogP contribution in [-0.2, 0) is 16.3 Å². The van der Waals surface area contributed by atoms with E-state index in [1.165, 1.54) is 11.8 Å². The summed E-state index contributed by atoms with van der Waals surface area (Å²) < 4.78 is 27.8. The van der Waals surface area contributed by atoms with Gasteiger partial charge < -0.3 is 15.4 Å². The van der Waals surface area contributed by atoms with E-state index in [1.54, 1.807) is 21.0 Å². The third kappa shape index (κ3) is 8.26. The van der Waals surface area contributed by atoms with Crippen LogP contribution in [0.3, 0.4) is 0 Å². The van der Waals surface area contributed by atoms with Crippen LogP contribution in [0.2, 0.25) is 0 Å². The molecule has 0 bridgehead atoms. The second-order valence-corrected chi connectivity index (χ2v) is 8.90. The zero-order valence-electron chi connectivity index (χ0n) is 15.6. The van der Waals surface area contributed by atoms with Gasteiger partial charge in [0.05, 0.1) is 18.4 Å². The number of benzene rings is 1. The molecule has 0 aliphatic carbocycles. The SMILES string of the molecule is CCNC(=NCC(C)(C)S(C)(=O)=O)NCCc1ccc(OC)cc1.I. The van der Waals surface area contributed by atoms with Gasteiger partial charge in [-0.1, -0.05) is 12.1 Å². The van der Waals surface area contributed by atoms with E-state index in [0.29, 0.717) is 19.0 Å². The first-order chi connectivity index (χ1) is 11.2. The minimum Gasteiger partial charge on any atom is -0.497 e. The molecule has 0 radical (unpaired) electrons. The summed E-state index contributed by atoms with van der Waals surface area (Å²) in [4.78, 5) is 4.41. The number of nitrogens with zero attached hydrogens (tertiary/aromatic N) is 1. The highest BCUT2D eigenvalue weighted by Gasteiger charge is 2.29. The van der Waals surface area contributed by atoms with Crippen LogP contribution in [0.5, 0.6) is 5.75 Å². The van der Waals surface area contributed by atoms with Gasteiger partial charge in [0.1, 0.15) is 5.75 Å². The van der Waals surface area contributed by atoms with E-state index in [2.05, 4.69) is 15.6 Å². The molecule has 25 heavy (non-hydrogen) atoms. The summed E-state index contributed by atoms with van der Waals surface area (Å²) in [6.07, 6.45) is 2.08. The number of halogens is 1. The average Bonchev–Trinajstić information content (AvgIpc) is 2.52. The lowest BCUT2D eigenvalue weighted by Gasteiger charge is -2.21. The van der Waals surface area contributed by atoms with Gasteiger partial charge in [-0.15, -0.1) is 24.0 Å². The lowest BCUT2D eigenvalue weighted by atomic mass is 10.1. The van der Waals surface area contributed by atoms with Crippen LogP contribution in [0.4, 0.5) is 0 Å². The molecule has 0 unspecified atom stereocenters. The highest BCUT2D eigenvalue weighted by molar-refractivity contribution is 14.0. The van der Waals surface area contributed by atoms with Gasteiger partial charge in [0, 0.05) is 19.3 Å². The molecule has 0 saturated heterocycles. The highest BCUT2D eigenvalue weighted by Crippen LogP contribution is 2.15. The Morgan fingerprint density at radius 3 is 2.28 bits per heavy atom. The summed E-state index contributed by atoms with van der Waals surface area (Å²) in [5.41, 5.74) is 1.19. The molecule has 8 heteroatoms. The average molecular weight is 483 g/mol. The summed E-state index contributed by atoms with van der Waals surface area (Å²) in [6.45, 7) is 6.98. The first-order valence-corrected chi connectivity index (χ1v) is 9.93. The fourth-order valence-electron chi connectivity index (χ4n) is 1.85. The molecule has 1 aromatic rings. The Morgan fingerprint density at radius 1 is 1.20 bits per heavy atom. The van der Waals surface area contributed by atoms with E-state index >= 15 is 0 Å². The monoisotopic (exact) mass is 483 g/mol. The van der Waals surface area contributed by atoms with Crippen LogP contribution >= 0.6 is 24.0 Å². The van der Waals surface area contributed by atoms with Gasteiger partial charge >= 0.3 is 0 Å². The number of methoxy groups -OCH3 is 1. The van der Waals surface area contributed by atoms with E-state index in [1.807, 2.05) is 31.2 Å².